The van der Waals surface area contributed by atoms with E-state index in [0.717, 1.165) is 11.1 Å². The van der Waals surface area contributed by atoms with Gasteiger partial charge in [-0.2, -0.15) is 0 Å². The number of benzene rings is 1. The number of fused-ring (bicyclic) bond motifs is 1. The standard InChI is InChI=1S/C19H24N4O7P2S/c1-11(2)30-13-6-4-5-12(7-13)14-8-15-17(21-10-22-18(15)23-19(14)33-3)20-9-16(31(24,25)26)32(27,28)29/h4-8,10-11,16H,9H2,1-3H3,(H2,24,25,26)(H2,27,28,29)(H,20,21,22,23). The van der Waals surface area contributed by atoms with Crippen LogP contribution < -0.4 is 10.1 Å². The SMILES string of the molecule is CSc1nc2ncnc(NCC(P(=O)(O)O)P(=O)(O)O)c2cc1-c1cccc(OC(C)C)c1. The zero-order valence-corrected chi connectivity index (χ0v) is 20.6. The minimum absolute atomic E-state index is 0.00445. The first-order valence-corrected chi connectivity index (χ1v) is 14.3. The number of pyridine rings is 1. The van der Waals surface area contributed by atoms with Crippen molar-refractivity contribution in [2.24, 2.45) is 0 Å². The molecular formula is C19H24N4O7P2S. The van der Waals surface area contributed by atoms with Gasteiger partial charge >= 0.3 is 15.2 Å². The van der Waals surface area contributed by atoms with E-state index in [1.807, 2.05) is 44.4 Å². The summed E-state index contributed by atoms with van der Waals surface area (Å²) < 4.78 is 29.0. The van der Waals surface area contributed by atoms with E-state index in [0.29, 0.717) is 21.8 Å². The van der Waals surface area contributed by atoms with Crippen LogP contribution in [0.15, 0.2) is 41.7 Å². The van der Waals surface area contributed by atoms with Crippen molar-refractivity contribution in [2.45, 2.75) is 30.4 Å². The normalized spacial score (nSPS) is 12.5. The van der Waals surface area contributed by atoms with Crippen molar-refractivity contribution in [1.82, 2.24) is 15.0 Å². The third-order valence-electron chi connectivity index (χ3n) is 4.53. The van der Waals surface area contributed by atoms with Crippen LogP contribution in [0.3, 0.4) is 0 Å². The van der Waals surface area contributed by atoms with Gasteiger partial charge in [0.25, 0.3) is 0 Å². The van der Waals surface area contributed by atoms with Gasteiger partial charge in [-0.1, -0.05) is 12.1 Å². The lowest BCUT2D eigenvalue weighted by molar-refractivity contribution is 0.242. The van der Waals surface area contributed by atoms with Crippen molar-refractivity contribution in [2.75, 3.05) is 18.1 Å². The minimum atomic E-state index is -5.08. The molecule has 0 bridgehead atoms. The summed E-state index contributed by atoms with van der Waals surface area (Å²) >= 11 is 1.42. The molecule has 178 valence electrons. The minimum Gasteiger partial charge on any atom is -0.491 e. The fourth-order valence-corrected chi connectivity index (χ4v) is 5.91. The summed E-state index contributed by atoms with van der Waals surface area (Å²) in [6.45, 7) is 3.16. The van der Waals surface area contributed by atoms with Crippen LogP contribution in [-0.4, -0.2) is 58.8 Å². The van der Waals surface area contributed by atoms with E-state index in [1.165, 1.54) is 18.1 Å². The monoisotopic (exact) mass is 514 g/mol. The maximum absolute atomic E-state index is 11.6. The van der Waals surface area contributed by atoms with Gasteiger partial charge in [0.2, 0.25) is 0 Å². The summed E-state index contributed by atoms with van der Waals surface area (Å²) in [6, 6.07) is 9.24. The number of thioether (sulfide) groups is 1. The Morgan fingerprint density at radius 3 is 2.39 bits per heavy atom. The zero-order valence-electron chi connectivity index (χ0n) is 18.0. The number of hydrogen-bond acceptors (Lipinski definition) is 8. The lowest BCUT2D eigenvalue weighted by atomic mass is 10.1. The number of aromatic nitrogens is 3. The molecule has 0 fully saturated rings. The van der Waals surface area contributed by atoms with Crippen molar-refractivity contribution >= 4 is 43.8 Å². The predicted octanol–water partition coefficient (Wildman–Crippen LogP) is 3.29. The van der Waals surface area contributed by atoms with Gasteiger partial charge in [-0.3, -0.25) is 9.13 Å². The summed E-state index contributed by atoms with van der Waals surface area (Å²) in [7, 11) is -10.2. The van der Waals surface area contributed by atoms with Crippen molar-refractivity contribution < 1.29 is 33.4 Å². The van der Waals surface area contributed by atoms with Crippen LogP contribution in [0.4, 0.5) is 5.82 Å². The van der Waals surface area contributed by atoms with Crippen LogP contribution in [0.2, 0.25) is 0 Å². The average Bonchev–Trinajstić information content (AvgIpc) is 2.70. The summed E-state index contributed by atoms with van der Waals surface area (Å²) in [4.78, 5) is 50.3. The second-order valence-electron chi connectivity index (χ2n) is 7.37. The van der Waals surface area contributed by atoms with E-state index in [4.69, 9.17) is 4.74 Å². The van der Waals surface area contributed by atoms with E-state index in [-0.39, 0.29) is 11.9 Å². The molecular weight excluding hydrogens is 490 g/mol. The first kappa shape index (κ1) is 25.6. The molecule has 0 atom stereocenters. The Labute approximate surface area is 194 Å². The number of ether oxygens (including phenoxy) is 1. The van der Waals surface area contributed by atoms with E-state index in [2.05, 4.69) is 20.3 Å². The lowest BCUT2D eigenvalue weighted by Gasteiger charge is -2.20. The molecule has 2 heterocycles. The summed E-state index contributed by atoms with van der Waals surface area (Å²) in [6.07, 6.45) is 3.08. The summed E-state index contributed by atoms with van der Waals surface area (Å²) in [5.74, 6) is 0.825. The molecule has 3 rings (SSSR count). The molecule has 0 aliphatic carbocycles. The Kier molecular flexibility index (Phi) is 7.80. The summed E-state index contributed by atoms with van der Waals surface area (Å²) in [5.41, 5.74) is 1.90. The molecule has 14 heteroatoms. The molecule has 0 radical (unpaired) electrons. The topological polar surface area (TPSA) is 175 Å². The molecule has 3 aromatic rings. The predicted molar refractivity (Wildman–Crippen MR) is 127 cm³/mol. The molecule has 0 aliphatic heterocycles. The Bertz CT molecular complexity index is 1230. The highest BCUT2D eigenvalue weighted by Crippen LogP contribution is 2.59. The molecule has 0 saturated carbocycles. The Balaban J connectivity index is 2.06. The van der Waals surface area contributed by atoms with Crippen molar-refractivity contribution in [3.8, 4) is 16.9 Å². The van der Waals surface area contributed by atoms with E-state index < -0.39 is 27.1 Å². The molecule has 0 amide bonds. The smallest absolute Gasteiger partial charge is 0.342 e. The number of nitrogens with zero attached hydrogens (tertiary/aromatic N) is 3. The quantitative estimate of drug-likeness (QED) is 0.208. The first-order valence-electron chi connectivity index (χ1n) is 9.71. The van der Waals surface area contributed by atoms with Crippen LogP contribution >= 0.6 is 27.0 Å². The van der Waals surface area contributed by atoms with Gasteiger partial charge in [-0.05, 0) is 43.9 Å². The van der Waals surface area contributed by atoms with Gasteiger partial charge in [0.05, 0.1) is 11.5 Å². The molecule has 1 aromatic carbocycles. The highest BCUT2D eigenvalue weighted by molar-refractivity contribution is 7.98. The zero-order chi connectivity index (χ0) is 24.4. The van der Waals surface area contributed by atoms with Crippen molar-refractivity contribution in [1.29, 1.82) is 0 Å². The average molecular weight is 514 g/mol. The third-order valence-corrected chi connectivity index (χ3v) is 8.95. The molecule has 0 aliphatic rings. The second kappa shape index (κ2) is 10.1. The summed E-state index contributed by atoms with van der Waals surface area (Å²) in [5, 5.41) is 1.56. The van der Waals surface area contributed by atoms with E-state index in [1.54, 1.807) is 6.07 Å². The van der Waals surface area contributed by atoms with Crippen molar-refractivity contribution in [3.63, 3.8) is 0 Å². The van der Waals surface area contributed by atoms with Gasteiger partial charge in [0.1, 0.15) is 22.9 Å². The van der Waals surface area contributed by atoms with E-state index >= 15 is 0 Å². The van der Waals surface area contributed by atoms with Gasteiger partial charge in [0.15, 0.2) is 11.0 Å². The number of nitrogens with one attached hydrogen (secondary N) is 1. The Morgan fingerprint density at radius 2 is 1.79 bits per heavy atom. The maximum Gasteiger partial charge on any atom is 0.342 e. The number of hydrogen-bond donors (Lipinski definition) is 5. The Hall–Kier alpha value is -2.04. The fourth-order valence-electron chi connectivity index (χ4n) is 3.10. The van der Waals surface area contributed by atoms with Gasteiger partial charge in [0, 0.05) is 12.1 Å². The Morgan fingerprint density at radius 1 is 1.09 bits per heavy atom. The van der Waals surface area contributed by atoms with Crippen LogP contribution in [0, 0.1) is 0 Å². The van der Waals surface area contributed by atoms with Gasteiger partial charge in [-0.15, -0.1) is 11.8 Å². The molecule has 11 nitrogen and oxygen atoms in total. The third kappa shape index (κ3) is 6.30. The molecule has 0 spiro atoms. The lowest BCUT2D eigenvalue weighted by Crippen LogP contribution is -2.21. The first-order chi connectivity index (χ1) is 15.4. The molecule has 33 heavy (non-hydrogen) atoms. The fraction of sp³-hybridized carbons (Fsp3) is 0.316. The van der Waals surface area contributed by atoms with Crippen LogP contribution in [0.5, 0.6) is 5.75 Å². The van der Waals surface area contributed by atoms with Gasteiger partial charge in [-0.25, -0.2) is 15.0 Å². The molecule has 2 aromatic heterocycles. The van der Waals surface area contributed by atoms with Crippen LogP contribution in [0.1, 0.15) is 13.8 Å². The molecule has 0 saturated heterocycles. The highest BCUT2D eigenvalue weighted by atomic mass is 32.2. The van der Waals surface area contributed by atoms with Crippen LogP contribution in [-0.2, 0) is 9.13 Å². The van der Waals surface area contributed by atoms with E-state index in [9.17, 15) is 28.7 Å². The van der Waals surface area contributed by atoms with Crippen LogP contribution in [0.25, 0.3) is 22.2 Å². The second-order valence-corrected chi connectivity index (χ2v) is 12.2. The largest absolute Gasteiger partial charge is 0.491 e. The number of anilines is 1. The van der Waals surface area contributed by atoms with Gasteiger partial charge < -0.3 is 29.6 Å². The maximum atomic E-state index is 11.6. The number of rotatable bonds is 9. The van der Waals surface area contributed by atoms with Crippen molar-refractivity contribution in [3.05, 3.63) is 36.7 Å². The molecule has 5 N–H and O–H groups in total. The molecule has 0 unspecified atom stereocenters. The highest BCUT2D eigenvalue weighted by Gasteiger charge is 2.43.